The molecular formula is C14H17FN2O. The van der Waals surface area contributed by atoms with E-state index in [1.54, 1.807) is 19.1 Å². The molecule has 1 heterocycles. The van der Waals surface area contributed by atoms with E-state index in [0.717, 1.165) is 17.5 Å². The van der Waals surface area contributed by atoms with E-state index in [4.69, 9.17) is 10.3 Å². The molecule has 0 aliphatic heterocycles. The third kappa shape index (κ3) is 2.37. The smallest absolute Gasteiger partial charge is 0.172 e. The Hall–Kier alpha value is -1.84. The van der Waals surface area contributed by atoms with Crippen molar-refractivity contribution in [2.24, 2.45) is 5.92 Å². The van der Waals surface area contributed by atoms with Gasteiger partial charge in [0.2, 0.25) is 0 Å². The molecule has 0 bridgehead atoms. The van der Waals surface area contributed by atoms with Gasteiger partial charge >= 0.3 is 0 Å². The lowest BCUT2D eigenvalue weighted by Gasteiger charge is -2.06. The molecule has 96 valence electrons. The molecule has 3 nitrogen and oxygen atoms in total. The van der Waals surface area contributed by atoms with Gasteiger partial charge in [0.1, 0.15) is 5.82 Å². The summed E-state index contributed by atoms with van der Waals surface area (Å²) in [6.45, 7) is 5.93. The molecular weight excluding hydrogens is 231 g/mol. The summed E-state index contributed by atoms with van der Waals surface area (Å²) in [6, 6.07) is 4.87. The lowest BCUT2D eigenvalue weighted by atomic mass is 9.99. The summed E-state index contributed by atoms with van der Waals surface area (Å²) in [5, 5.41) is 3.81. The second-order valence-electron chi connectivity index (χ2n) is 4.94. The van der Waals surface area contributed by atoms with Gasteiger partial charge in [-0.2, -0.15) is 0 Å². The Balaban J connectivity index is 2.47. The molecule has 0 spiro atoms. The van der Waals surface area contributed by atoms with E-state index in [2.05, 4.69) is 19.0 Å². The lowest BCUT2D eigenvalue weighted by Crippen LogP contribution is -1.99. The largest absolute Gasteiger partial charge is 0.381 e. The summed E-state index contributed by atoms with van der Waals surface area (Å²) in [6.07, 6.45) is 0.793. The van der Waals surface area contributed by atoms with Gasteiger partial charge in [-0.05, 0) is 43.0 Å². The number of anilines is 1. The minimum atomic E-state index is -0.225. The number of benzene rings is 1. The molecule has 4 heteroatoms. The number of hydrogen-bond donors (Lipinski definition) is 1. The quantitative estimate of drug-likeness (QED) is 0.903. The van der Waals surface area contributed by atoms with Gasteiger partial charge in [0.05, 0.1) is 0 Å². The van der Waals surface area contributed by atoms with Crippen LogP contribution < -0.4 is 5.73 Å². The topological polar surface area (TPSA) is 52.0 Å². The Morgan fingerprint density at radius 1 is 1.39 bits per heavy atom. The fourth-order valence-electron chi connectivity index (χ4n) is 1.94. The molecule has 0 fully saturated rings. The zero-order chi connectivity index (χ0) is 13.3. The molecule has 1 aromatic heterocycles. The summed E-state index contributed by atoms with van der Waals surface area (Å²) in [7, 11) is 0. The van der Waals surface area contributed by atoms with Crippen molar-refractivity contribution in [3.8, 4) is 11.3 Å². The van der Waals surface area contributed by atoms with Crippen molar-refractivity contribution in [3.05, 3.63) is 35.1 Å². The fourth-order valence-corrected chi connectivity index (χ4v) is 1.94. The van der Waals surface area contributed by atoms with Crippen LogP contribution in [0.15, 0.2) is 22.7 Å². The molecule has 0 saturated carbocycles. The Labute approximate surface area is 106 Å². The number of nitrogens with zero attached hydrogens (tertiary/aromatic N) is 1. The summed E-state index contributed by atoms with van der Waals surface area (Å²) >= 11 is 0. The van der Waals surface area contributed by atoms with E-state index in [0.29, 0.717) is 23.1 Å². The molecule has 0 aliphatic rings. The minimum Gasteiger partial charge on any atom is -0.381 e. The van der Waals surface area contributed by atoms with Crippen LogP contribution in [0.2, 0.25) is 0 Å². The van der Waals surface area contributed by atoms with Crippen molar-refractivity contribution in [2.45, 2.75) is 27.2 Å². The van der Waals surface area contributed by atoms with Crippen molar-refractivity contribution in [1.29, 1.82) is 0 Å². The van der Waals surface area contributed by atoms with Crippen molar-refractivity contribution < 1.29 is 8.91 Å². The number of aromatic nitrogens is 1. The number of rotatable bonds is 3. The van der Waals surface area contributed by atoms with Crippen molar-refractivity contribution >= 4 is 5.82 Å². The van der Waals surface area contributed by atoms with E-state index in [1.165, 1.54) is 6.07 Å². The normalized spacial score (nSPS) is 11.2. The predicted octanol–water partition coefficient (Wildman–Crippen LogP) is 3.57. The van der Waals surface area contributed by atoms with Gasteiger partial charge in [0, 0.05) is 11.1 Å². The third-order valence-electron chi connectivity index (χ3n) is 2.85. The number of aryl methyl sites for hydroxylation is 1. The molecule has 0 amide bonds. The molecule has 0 unspecified atom stereocenters. The first-order valence-electron chi connectivity index (χ1n) is 5.99. The van der Waals surface area contributed by atoms with E-state index in [1.807, 2.05) is 0 Å². The van der Waals surface area contributed by atoms with Crippen LogP contribution in [0, 0.1) is 18.7 Å². The Kier molecular flexibility index (Phi) is 3.36. The highest BCUT2D eigenvalue weighted by Crippen LogP contribution is 2.30. The van der Waals surface area contributed by atoms with Crippen LogP contribution in [0.3, 0.4) is 0 Å². The van der Waals surface area contributed by atoms with Gasteiger partial charge < -0.3 is 10.3 Å². The minimum absolute atomic E-state index is 0.225. The van der Waals surface area contributed by atoms with Gasteiger partial charge in [-0.15, -0.1) is 0 Å². The van der Waals surface area contributed by atoms with Crippen LogP contribution in [0.25, 0.3) is 11.3 Å². The molecule has 0 aliphatic carbocycles. The van der Waals surface area contributed by atoms with Gasteiger partial charge in [-0.25, -0.2) is 4.39 Å². The number of hydrogen-bond acceptors (Lipinski definition) is 3. The maximum atomic E-state index is 13.3. The van der Waals surface area contributed by atoms with Crippen LogP contribution in [0.4, 0.5) is 10.2 Å². The Morgan fingerprint density at radius 3 is 2.72 bits per heavy atom. The second kappa shape index (κ2) is 4.80. The number of halogens is 1. The molecule has 2 N–H and O–H groups in total. The zero-order valence-corrected chi connectivity index (χ0v) is 10.8. The van der Waals surface area contributed by atoms with E-state index < -0.39 is 0 Å². The van der Waals surface area contributed by atoms with Crippen molar-refractivity contribution in [2.75, 3.05) is 5.73 Å². The van der Waals surface area contributed by atoms with Crippen molar-refractivity contribution in [3.63, 3.8) is 0 Å². The fraction of sp³-hybridized carbons (Fsp3) is 0.357. The standard InChI is InChI=1S/C14H17FN2O/c1-8(2)6-11-13(18-17-14(11)16)10-4-5-12(15)9(3)7-10/h4-5,7-8H,6H2,1-3H3,(H2,16,17). The highest BCUT2D eigenvalue weighted by molar-refractivity contribution is 5.66. The molecule has 1 aromatic carbocycles. The highest BCUT2D eigenvalue weighted by atomic mass is 19.1. The monoisotopic (exact) mass is 248 g/mol. The first-order valence-corrected chi connectivity index (χ1v) is 5.99. The van der Waals surface area contributed by atoms with Crippen LogP contribution in [-0.4, -0.2) is 5.16 Å². The molecule has 0 atom stereocenters. The third-order valence-corrected chi connectivity index (χ3v) is 2.85. The van der Waals surface area contributed by atoms with Gasteiger partial charge in [-0.3, -0.25) is 0 Å². The molecule has 2 aromatic rings. The van der Waals surface area contributed by atoms with Gasteiger partial charge in [-0.1, -0.05) is 19.0 Å². The summed E-state index contributed by atoms with van der Waals surface area (Å²) in [5.74, 6) is 1.29. The number of nitrogens with two attached hydrogens (primary N) is 1. The first kappa shape index (κ1) is 12.6. The second-order valence-corrected chi connectivity index (χ2v) is 4.94. The first-order chi connectivity index (χ1) is 8.49. The molecule has 0 saturated heterocycles. The molecule has 0 radical (unpaired) electrons. The predicted molar refractivity (Wildman–Crippen MR) is 69.6 cm³/mol. The van der Waals surface area contributed by atoms with Crippen LogP contribution >= 0.6 is 0 Å². The zero-order valence-electron chi connectivity index (χ0n) is 10.8. The lowest BCUT2D eigenvalue weighted by molar-refractivity contribution is 0.434. The van der Waals surface area contributed by atoms with Gasteiger partial charge in [0.25, 0.3) is 0 Å². The van der Waals surface area contributed by atoms with Crippen LogP contribution in [0.5, 0.6) is 0 Å². The summed E-state index contributed by atoms with van der Waals surface area (Å²) in [5.41, 5.74) is 8.11. The SMILES string of the molecule is Cc1cc(-c2onc(N)c2CC(C)C)ccc1F. The highest BCUT2D eigenvalue weighted by Gasteiger charge is 2.17. The van der Waals surface area contributed by atoms with E-state index >= 15 is 0 Å². The maximum absolute atomic E-state index is 13.3. The number of nitrogen functional groups attached to an aromatic ring is 1. The van der Waals surface area contributed by atoms with Crippen LogP contribution in [-0.2, 0) is 6.42 Å². The average Bonchev–Trinajstić information content (AvgIpc) is 2.64. The summed E-state index contributed by atoms with van der Waals surface area (Å²) < 4.78 is 18.5. The molecule has 2 rings (SSSR count). The Bertz CT molecular complexity index is 561. The van der Waals surface area contributed by atoms with E-state index in [9.17, 15) is 4.39 Å². The Morgan fingerprint density at radius 2 is 2.11 bits per heavy atom. The maximum Gasteiger partial charge on any atom is 0.172 e. The summed E-state index contributed by atoms with van der Waals surface area (Å²) in [4.78, 5) is 0. The van der Waals surface area contributed by atoms with Gasteiger partial charge in [0.15, 0.2) is 11.6 Å². The molecule has 18 heavy (non-hydrogen) atoms. The average molecular weight is 248 g/mol. The van der Waals surface area contributed by atoms with Crippen LogP contribution in [0.1, 0.15) is 25.0 Å². The van der Waals surface area contributed by atoms with E-state index in [-0.39, 0.29) is 5.82 Å². The van der Waals surface area contributed by atoms with Crippen molar-refractivity contribution in [1.82, 2.24) is 5.16 Å².